The maximum absolute atomic E-state index is 10.6. The van der Waals surface area contributed by atoms with Gasteiger partial charge >= 0.3 is 5.97 Å². The third-order valence-electron chi connectivity index (χ3n) is 0.767. The van der Waals surface area contributed by atoms with Crippen molar-refractivity contribution in [1.82, 2.24) is 0 Å². The van der Waals surface area contributed by atoms with E-state index in [1.807, 2.05) is 0 Å². The van der Waals surface area contributed by atoms with E-state index in [0.29, 0.717) is 0 Å². The maximum Gasteiger partial charge on any atom is 0.318 e. The van der Waals surface area contributed by atoms with Crippen molar-refractivity contribution in [3.05, 3.63) is 0 Å². The number of carbonyl (C=O) groups excluding carboxylic acids is 1. The summed E-state index contributed by atoms with van der Waals surface area (Å²) in [5.41, 5.74) is 0. The lowest BCUT2D eigenvalue weighted by molar-refractivity contribution is -0.134. The zero-order valence-electron chi connectivity index (χ0n) is 5.90. The molecule has 0 fully saturated rings. The minimum atomic E-state index is -3.73. The van der Waals surface area contributed by atoms with Crippen LogP contribution < -0.4 is 0 Å². The standard InChI is InChI=1S/C5H8O5S/c1-4(6)2-11(9,10)3-5(7)8/h2-3H2,1H3,(H,7,8). The Balaban J connectivity index is 4.25. The normalized spacial score (nSPS) is 11.0. The van der Waals surface area contributed by atoms with Crippen LogP contribution >= 0.6 is 0 Å². The largest absolute Gasteiger partial charge is 0.480 e. The molecule has 0 aromatic rings. The first-order valence-electron chi connectivity index (χ1n) is 2.75. The fourth-order valence-corrected chi connectivity index (χ4v) is 1.65. The molecule has 0 aliphatic rings. The Labute approximate surface area is 63.9 Å². The summed E-state index contributed by atoms with van der Waals surface area (Å²) in [5.74, 6) is -3.66. The van der Waals surface area contributed by atoms with Crippen molar-refractivity contribution in [2.45, 2.75) is 6.92 Å². The molecule has 0 spiro atoms. The van der Waals surface area contributed by atoms with E-state index < -0.39 is 33.1 Å². The second kappa shape index (κ2) is 3.47. The molecule has 64 valence electrons. The van der Waals surface area contributed by atoms with Gasteiger partial charge in [-0.15, -0.1) is 0 Å². The molecule has 0 heterocycles. The van der Waals surface area contributed by atoms with Crippen molar-refractivity contribution in [2.24, 2.45) is 0 Å². The number of hydrogen-bond acceptors (Lipinski definition) is 4. The first-order chi connectivity index (χ1) is 4.83. The Bertz CT molecular complexity index is 241. The van der Waals surface area contributed by atoms with E-state index in [0.717, 1.165) is 6.92 Å². The fourth-order valence-electron chi connectivity index (χ4n) is 0.549. The molecule has 0 saturated carbocycles. The molecule has 0 amide bonds. The topological polar surface area (TPSA) is 88.5 Å². The zero-order valence-corrected chi connectivity index (χ0v) is 6.72. The molecule has 0 aliphatic heterocycles. The molecule has 0 rings (SSSR count). The van der Waals surface area contributed by atoms with Crippen molar-refractivity contribution in [1.29, 1.82) is 0 Å². The lowest BCUT2D eigenvalue weighted by Gasteiger charge is -1.95. The van der Waals surface area contributed by atoms with Crippen molar-refractivity contribution in [3.8, 4) is 0 Å². The molecule has 0 bridgehead atoms. The minimum Gasteiger partial charge on any atom is -0.480 e. The molecule has 1 N–H and O–H groups in total. The Morgan fingerprint density at radius 3 is 2.00 bits per heavy atom. The Hall–Kier alpha value is -0.910. The number of carboxylic acid groups (broad SMARTS) is 1. The summed E-state index contributed by atoms with van der Waals surface area (Å²) in [6, 6.07) is 0. The van der Waals surface area contributed by atoms with Crippen LogP contribution in [-0.4, -0.2) is 36.8 Å². The maximum atomic E-state index is 10.6. The summed E-state index contributed by atoms with van der Waals surface area (Å²) >= 11 is 0. The molecule has 0 atom stereocenters. The van der Waals surface area contributed by atoms with Crippen LogP contribution in [0.25, 0.3) is 0 Å². The fraction of sp³-hybridized carbons (Fsp3) is 0.600. The molecule has 11 heavy (non-hydrogen) atoms. The van der Waals surface area contributed by atoms with E-state index >= 15 is 0 Å². The molecule has 0 aliphatic carbocycles. The van der Waals surface area contributed by atoms with Crippen LogP contribution in [0.4, 0.5) is 0 Å². The number of sulfone groups is 1. The molecule has 5 nitrogen and oxygen atoms in total. The van der Waals surface area contributed by atoms with Gasteiger partial charge in [0.05, 0.1) is 0 Å². The predicted molar refractivity (Wildman–Crippen MR) is 37.0 cm³/mol. The van der Waals surface area contributed by atoms with Crippen LogP contribution in [0.5, 0.6) is 0 Å². The van der Waals surface area contributed by atoms with Gasteiger partial charge in [0.1, 0.15) is 17.3 Å². The van der Waals surface area contributed by atoms with Crippen molar-refractivity contribution in [3.63, 3.8) is 0 Å². The number of aliphatic carboxylic acids is 1. The summed E-state index contributed by atoms with van der Waals surface area (Å²) in [6.07, 6.45) is 0. The van der Waals surface area contributed by atoms with Crippen molar-refractivity contribution >= 4 is 21.6 Å². The predicted octanol–water partition coefficient (Wildman–Crippen LogP) is -0.925. The van der Waals surface area contributed by atoms with Crippen LogP contribution in [0.2, 0.25) is 0 Å². The smallest absolute Gasteiger partial charge is 0.318 e. The van der Waals surface area contributed by atoms with Gasteiger partial charge in [0.2, 0.25) is 0 Å². The molecule has 0 aromatic carbocycles. The third-order valence-corrected chi connectivity index (χ3v) is 2.30. The van der Waals surface area contributed by atoms with Crippen molar-refractivity contribution < 1.29 is 23.1 Å². The Morgan fingerprint density at radius 2 is 1.73 bits per heavy atom. The Morgan fingerprint density at radius 1 is 1.27 bits per heavy atom. The van der Waals surface area contributed by atoms with E-state index in [-0.39, 0.29) is 0 Å². The third kappa shape index (κ3) is 5.53. The molecular formula is C5H8O5S. The molecular weight excluding hydrogens is 172 g/mol. The van der Waals surface area contributed by atoms with Crippen LogP contribution in [-0.2, 0) is 19.4 Å². The average molecular weight is 180 g/mol. The molecule has 0 saturated heterocycles. The van der Waals surface area contributed by atoms with Gasteiger partial charge in [-0.3, -0.25) is 9.59 Å². The van der Waals surface area contributed by atoms with Crippen LogP contribution in [0, 0.1) is 0 Å². The summed E-state index contributed by atoms with van der Waals surface area (Å²) in [4.78, 5) is 20.2. The van der Waals surface area contributed by atoms with E-state index in [9.17, 15) is 18.0 Å². The monoisotopic (exact) mass is 180 g/mol. The molecule has 0 unspecified atom stereocenters. The number of carbonyl (C=O) groups is 2. The van der Waals surface area contributed by atoms with Gasteiger partial charge < -0.3 is 5.11 Å². The number of rotatable bonds is 4. The number of Topliss-reactive ketones (excluding diaryl/α,β-unsaturated/α-hetero) is 1. The van der Waals surface area contributed by atoms with Gasteiger partial charge in [0.25, 0.3) is 0 Å². The van der Waals surface area contributed by atoms with E-state index in [4.69, 9.17) is 5.11 Å². The first-order valence-corrected chi connectivity index (χ1v) is 4.57. The van der Waals surface area contributed by atoms with Gasteiger partial charge in [0, 0.05) is 0 Å². The van der Waals surface area contributed by atoms with Crippen LogP contribution in [0.3, 0.4) is 0 Å². The minimum absolute atomic E-state index is 0.550. The number of hydrogen-bond donors (Lipinski definition) is 1. The number of ketones is 1. The van der Waals surface area contributed by atoms with Gasteiger partial charge in [-0.05, 0) is 6.92 Å². The van der Waals surface area contributed by atoms with E-state index in [2.05, 4.69) is 0 Å². The summed E-state index contributed by atoms with van der Waals surface area (Å²) in [6.45, 7) is 1.10. The van der Waals surface area contributed by atoms with Gasteiger partial charge in [-0.1, -0.05) is 0 Å². The Kier molecular flexibility index (Phi) is 3.18. The van der Waals surface area contributed by atoms with Crippen molar-refractivity contribution in [2.75, 3.05) is 11.5 Å². The summed E-state index contributed by atoms with van der Waals surface area (Å²) in [5, 5.41) is 8.07. The van der Waals surface area contributed by atoms with Crippen LogP contribution in [0.1, 0.15) is 6.92 Å². The highest BCUT2D eigenvalue weighted by molar-refractivity contribution is 7.92. The zero-order chi connectivity index (χ0) is 9.07. The van der Waals surface area contributed by atoms with Gasteiger partial charge in [-0.25, -0.2) is 8.42 Å². The highest BCUT2D eigenvalue weighted by Gasteiger charge is 2.17. The van der Waals surface area contributed by atoms with Crippen LogP contribution in [0.15, 0.2) is 0 Å². The highest BCUT2D eigenvalue weighted by atomic mass is 32.2. The lowest BCUT2D eigenvalue weighted by Crippen LogP contribution is -2.21. The second-order valence-corrected chi connectivity index (χ2v) is 4.19. The second-order valence-electron chi connectivity index (χ2n) is 2.13. The lowest BCUT2D eigenvalue weighted by atomic mass is 10.5. The SMILES string of the molecule is CC(=O)CS(=O)(=O)CC(=O)O. The highest BCUT2D eigenvalue weighted by Crippen LogP contribution is 1.90. The van der Waals surface area contributed by atoms with Gasteiger partial charge in [-0.2, -0.15) is 0 Å². The average Bonchev–Trinajstić information content (AvgIpc) is 1.53. The number of carboxylic acids is 1. The summed E-state index contributed by atoms with van der Waals surface area (Å²) < 4.78 is 21.3. The molecule has 0 aromatic heterocycles. The van der Waals surface area contributed by atoms with Gasteiger partial charge in [0.15, 0.2) is 9.84 Å². The van der Waals surface area contributed by atoms with E-state index in [1.165, 1.54) is 0 Å². The molecule has 6 heteroatoms. The first kappa shape index (κ1) is 10.1. The molecule has 0 radical (unpaired) electrons. The quantitative estimate of drug-likeness (QED) is 0.604. The van der Waals surface area contributed by atoms with E-state index in [1.54, 1.807) is 0 Å². The summed E-state index contributed by atoms with van der Waals surface area (Å²) in [7, 11) is -3.73.